The van der Waals surface area contributed by atoms with Gasteiger partial charge in [-0.05, 0) is 79.3 Å². The number of H-pyrrole nitrogens is 1. The number of piperazine rings is 1. The van der Waals surface area contributed by atoms with E-state index in [9.17, 15) is 37.8 Å². The van der Waals surface area contributed by atoms with Gasteiger partial charge >= 0.3 is 11.9 Å². The number of carbonyl (C=O) groups is 2. The number of benzene rings is 4. The van der Waals surface area contributed by atoms with Gasteiger partial charge in [-0.3, -0.25) is 14.5 Å². The second kappa shape index (κ2) is 19.1. The molecule has 9 rings (SSSR count). The van der Waals surface area contributed by atoms with E-state index in [-0.39, 0.29) is 58.6 Å². The van der Waals surface area contributed by atoms with Gasteiger partial charge in [0.05, 0.1) is 46.6 Å². The van der Waals surface area contributed by atoms with Crippen molar-refractivity contribution >= 4 is 46.3 Å². The number of phenols is 2. The lowest BCUT2D eigenvalue weighted by molar-refractivity contribution is -0.138. The topological polar surface area (TPSA) is 189 Å². The summed E-state index contributed by atoms with van der Waals surface area (Å²) in [6.07, 6.45) is -1.87. The van der Waals surface area contributed by atoms with Gasteiger partial charge in [0, 0.05) is 83.6 Å². The average molecular weight is 962 g/mol. The number of rotatable bonds is 11. The van der Waals surface area contributed by atoms with Crippen molar-refractivity contribution in [2.75, 3.05) is 80.0 Å². The van der Waals surface area contributed by atoms with E-state index in [1.165, 1.54) is 18.2 Å². The largest absolute Gasteiger partial charge is 0.508 e. The number of phenolic OH excluding ortho intramolecular Hbond substituents is 2. The number of aromatic hydroxyl groups is 2. The Hall–Kier alpha value is -7.61. The molecule has 0 radical (unpaired) electrons. The SMILES string of the molecule is CCOc1cc(N2CCC(C(=O)N3CCN(Cc4ccc(-n5c(-c6cc(C(C)C)c(O)cc6O)n[nH]c5=O)cc4C(F)(F)F)CC3)CC2)ccc1Nc1ncc2c(n1)N(C)c1ccccc1C(=O)N2C. The second-order valence-electron chi connectivity index (χ2n) is 18.1. The number of hydrogen-bond acceptors (Lipinski definition) is 13. The number of alkyl halides is 3. The van der Waals surface area contributed by atoms with E-state index in [4.69, 9.17) is 9.72 Å². The fourth-order valence-electron chi connectivity index (χ4n) is 9.54. The van der Waals surface area contributed by atoms with Gasteiger partial charge in [0.2, 0.25) is 11.9 Å². The zero-order valence-electron chi connectivity index (χ0n) is 39.4. The maximum Gasteiger partial charge on any atom is 0.416 e. The third-order valence-electron chi connectivity index (χ3n) is 13.4. The quantitative estimate of drug-likeness (QED) is 0.0994. The normalized spacial score (nSPS) is 15.8. The minimum atomic E-state index is -4.76. The molecule has 6 aromatic rings. The number of hydrogen-bond donors (Lipinski definition) is 4. The van der Waals surface area contributed by atoms with Gasteiger partial charge in [0.15, 0.2) is 11.6 Å². The molecule has 0 bridgehead atoms. The van der Waals surface area contributed by atoms with Gasteiger partial charge in [-0.15, -0.1) is 0 Å². The molecule has 366 valence electrons. The number of amides is 2. The number of aromatic nitrogens is 5. The first-order chi connectivity index (χ1) is 33.5. The first-order valence-corrected chi connectivity index (χ1v) is 23.2. The van der Waals surface area contributed by atoms with Crippen LogP contribution in [0.3, 0.4) is 0 Å². The number of nitrogens with zero attached hydrogens (tertiary/aromatic N) is 9. The van der Waals surface area contributed by atoms with Crippen LogP contribution in [-0.2, 0) is 17.5 Å². The summed E-state index contributed by atoms with van der Waals surface area (Å²) in [5, 5.41) is 30.6. The number of anilines is 6. The van der Waals surface area contributed by atoms with Crippen LogP contribution in [0.5, 0.6) is 17.2 Å². The molecule has 5 heterocycles. The van der Waals surface area contributed by atoms with Crippen LogP contribution in [0, 0.1) is 5.92 Å². The Labute approximate surface area is 401 Å². The fraction of sp³-hybridized carbons (Fsp3) is 0.360. The highest BCUT2D eigenvalue weighted by Gasteiger charge is 2.36. The Morgan fingerprint density at radius 1 is 0.871 bits per heavy atom. The molecule has 20 heteroatoms. The van der Waals surface area contributed by atoms with Crippen molar-refractivity contribution in [3.8, 4) is 34.3 Å². The van der Waals surface area contributed by atoms with E-state index in [1.807, 2.05) is 78.9 Å². The van der Waals surface area contributed by atoms with Gasteiger partial charge in [0.1, 0.15) is 22.9 Å². The molecule has 2 saturated heterocycles. The van der Waals surface area contributed by atoms with Crippen molar-refractivity contribution in [3.05, 3.63) is 112 Å². The van der Waals surface area contributed by atoms with E-state index < -0.39 is 23.2 Å². The number of piperidine rings is 1. The number of nitrogens with one attached hydrogen (secondary N) is 2. The molecular formula is C50H54F3N11O6. The molecule has 2 aromatic heterocycles. The Balaban J connectivity index is 0.821. The highest BCUT2D eigenvalue weighted by molar-refractivity contribution is 6.13. The number of fused-ring (bicyclic) bond motifs is 2. The van der Waals surface area contributed by atoms with Crippen LogP contribution >= 0.6 is 0 Å². The maximum atomic E-state index is 14.7. The number of halogens is 3. The van der Waals surface area contributed by atoms with Crippen LogP contribution in [-0.4, -0.2) is 117 Å². The molecule has 0 unspecified atom stereocenters. The smallest absolute Gasteiger partial charge is 0.416 e. The number of para-hydroxylation sites is 1. The Kier molecular flexibility index (Phi) is 12.9. The maximum absolute atomic E-state index is 14.7. The van der Waals surface area contributed by atoms with E-state index in [2.05, 4.69) is 25.4 Å². The molecule has 3 aliphatic rings. The molecule has 4 N–H and O–H groups in total. The Bertz CT molecular complexity index is 3010. The summed E-state index contributed by atoms with van der Waals surface area (Å²) >= 11 is 0. The highest BCUT2D eigenvalue weighted by atomic mass is 19.4. The first-order valence-electron chi connectivity index (χ1n) is 23.2. The lowest BCUT2D eigenvalue weighted by Crippen LogP contribution is -2.51. The van der Waals surface area contributed by atoms with Gasteiger partial charge < -0.3 is 39.9 Å². The monoisotopic (exact) mass is 961 g/mol. The first kappa shape index (κ1) is 47.5. The summed E-state index contributed by atoms with van der Waals surface area (Å²) in [6.45, 7) is 8.73. The molecule has 70 heavy (non-hydrogen) atoms. The molecule has 2 fully saturated rings. The minimum absolute atomic E-state index is 0.0146. The Morgan fingerprint density at radius 3 is 2.31 bits per heavy atom. The van der Waals surface area contributed by atoms with Crippen LogP contribution in [0.25, 0.3) is 17.1 Å². The van der Waals surface area contributed by atoms with Crippen LogP contribution < -0.4 is 30.4 Å². The van der Waals surface area contributed by atoms with Gasteiger partial charge in [0.25, 0.3) is 5.91 Å². The van der Waals surface area contributed by atoms with Crippen LogP contribution in [0.1, 0.15) is 66.6 Å². The molecule has 0 saturated carbocycles. The molecule has 0 spiro atoms. The summed E-state index contributed by atoms with van der Waals surface area (Å²) < 4.78 is 51.2. The summed E-state index contributed by atoms with van der Waals surface area (Å²) in [6, 6.07) is 19.5. The predicted molar refractivity (Wildman–Crippen MR) is 259 cm³/mol. The molecule has 2 amide bonds. The fourth-order valence-corrected chi connectivity index (χ4v) is 9.54. The average Bonchev–Trinajstić information content (AvgIpc) is 3.71. The molecule has 17 nitrogen and oxygen atoms in total. The van der Waals surface area contributed by atoms with Crippen molar-refractivity contribution < 1.29 is 37.7 Å². The van der Waals surface area contributed by atoms with Crippen LogP contribution in [0.4, 0.5) is 47.7 Å². The lowest BCUT2D eigenvalue weighted by atomic mass is 9.94. The van der Waals surface area contributed by atoms with Crippen molar-refractivity contribution in [1.82, 2.24) is 34.5 Å². The second-order valence-corrected chi connectivity index (χ2v) is 18.1. The van der Waals surface area contributed by atoms with Crippen LogP contribution in [0.2, 0.25) is 0 Å². The standard InChI is InChI=1S/C50H54F3N11O6/c1-6-70-43-24-32(13-14-38(43)55-48-54-27-40-45(56-48)59(4)39-10-8-7-9-34(39)47(68)60(40)5)62-17-15-30(16-18-62)46(67)63-21-19-61(20-22-63)28-31-11-12-33(23-37(31)50(51,52)53)64-44(57-58-49(64)69)36-25-35(29(2)3)41(65)26-42(36)66/h7-14,23-27,29-30,65-66H,6,15-22,28H2,1-5H3,(H,58,69)(H,54,55,56). The third kappa shape index (κ3) is 9.17. The number of ether oxygens (including phenoxy) is 1. The number of carbonyl (C=O) groups excluding carboxylic acids is 2. The molecule has 4 aromatic carbocycles. The van der Waals surface area contributed by atoms with Gasteiger partial charge in [-0.1, -0.05) is 32.0 Å². The molecule has 3 aliphatic heterocycles. The lowest BCUT2D eigenvalue weighted by Gasteiger charge is -2.39. The zero-order chi connectivity index (χ0) is 49.6. The highest BCUT2D eigenvalue weighted by Crippen LogP contribution is 2.41. The van der Waals surface area contributed by atoms with E-state index >= 15 is 0 Å². The van der Waals surface area contributed by atoms with Crippen molar-refractivity contribution in [2.45, 2.75) is 52.3 Å². The summed E-state index contributed by atoms with van der Waals surface area (Å²) in [5.41, 5.74) is 2.19. The third-order valence-corrected chi connectivity index (χ3v) is 13.4. The van der Waals surface area contributed by atoms with E-state index in [0.717, 1.165) is 28.1 Å². The summed E-state index contributed by atoms with van der Waals surface area (Å²) in [5.74, 6) is 0.360. The molecule has 0 aliphatic carbocycles. The van der Waals surface area contributed by atoms with Crippen molar-refractivity contribution in [2.24, 2.45) is 5.92 Å². The van der Waals surface area contributed by atoms with Gasteiger partial charge in [-0.2, -0.15) is 23.3 Å². The predicted octanol–water partition coefficient (Wildman–Crippen LogP) is 7.63. The minimum Gasteiger partial charge on any atom is -0.508 e. The van der Waals surface area contributed by atoms with E-state index in [1.54, 1.807) is 24.2 Å². The number of aromatic amines is 1. The zero-order valence-corrected chi connectivity index (χ0v) is 39.4. The summed E-state index contributed by atoms with van der Waals surface area (Å²) in [4.78, 5) is 58.8. The Morgan fingerprint density at radius 2 is 1.60 bits per heavy atom. The van der Waals surface area contributed by atoms with Crippen molar-refractivity contribution in [1.29, 1.82) is 0 Å². The van der Waals surface area contributed by atoms with E-state index in [0.29, 0.717) is 98.7 Å². The van der Waals surface area contributed by atoms with Gasteiger partial charge in [-0.25, -0.2) is 19.4 Å². The molecule has 0 atom stereocenters. The molecular weight excluding hydrogens is 908 g/mol. The van der Waals surface area contributed by atoms with Crippen molar-refractivity contribution in [3.63, 3.8) is 0 Å². The van der Waals surface area contributed by atoms with Crippen LogP contribution in [0.15, 0.2) is 83.8 Å². The summed E-state index contributed by atoms with van der Waals surface area (Å²) in [7, 11) is 3.57.